The number of nitroso groups, excluding NO2 is 1. The Morgan fingerprint density at radius 2 is 1.65 bits per heavy atom. The first-order valence-corrected chi connectivity index (χ1v) is 5.72. The Hall–Kier alpha value is -2.37. The minimum atomic E-state index is -4.41. The molecule has 2 aromatic rings. The molecule has 0 unspecified atom stereocenters. The minimum absolute atomic E-state index is 0.0141. The lowest BCUT2D eigenvalue weighted by Gasteiger charge is -2.10. The van der Waals surface area contributed by atoms with Gasteiger partial charge in [-0.05, 0) is 35.9 Å². The molecule has 0 saturated carbocycles. The Labute approximate surface area is 113 Å². The van der Waals surface area contributed by atoms with Crippen LogP contribution in [-0.4, -0.2) is 0 Å². The van der Waals surface area contributed by atoms with Crippen molar-refractivity contribution in [2.24, 2.45) is 5.18 Å². The number of alkyl halides is 3. The van der Waals surface area contributed by atoms with Crippen molar-refractivity contribution in [1.82, 2.24) is 0 Å². The third-order valence-corrected chi connectivity index (χ3v) is 2.54. The summed E-state index contributed by atoms with van der Waals surface area (Å²) in [5.41, 5.74) is -0.148. The lowest BCUT2D eigenvalue weighted by atomic mass is 10.2. The van der Waals surface area contributed by atoms with Crippen LogP contribution in [0.15, 0.2) is 53.7 Å². The Morgan fingerprint density at radius 1 is 1.00 bits per heavy atom. The molecule has 0 bridgehead atoms. The average Bonchev–Trinajstić information content (AvgIpc) is 2.39. The van der Waals surface area contributed by atoms with Crippen molar-refractivity contribution < 1.29 is 17.9 Å². The lowest BCUT2D eigenvalue weighted by molar-refractivity contribution is -0.137. The molecule has 3 nitrogen and oxygen atoms in total. The van der Waals surface area contributed by atoms with E-state index in [0.717, 1.165) is 12.1 Å². The maximum Gasteiger partial charge on any atom is 0.416 e. The SMILES string of the molecule is O=NCc1cccc(Oc2cccc(C(F)(F)F)c2)c1. The first kappa shape index (κ1) is 14.0. The van der Waals surface area contributed by atoms with Crippen LogP contribution in [0, 0.1) is 4.91 Å². The monoisotopic (exact) mass is 281 g/mol. The summed E-state index contributed by atoms with van der Waals surface area (Å²) in [6, 6.07) is 11.1. The zero-order valence-corrected chi connectivity index (χ0v) is 10.2. The topological polar surface area (TPSA) is 38.7 Å². The van der Waals surface area contributed by atoms with Gasteiger partial charge in [0.25, 0.3) is 0 Å². The van der Waals surface area contributed by atoms with Crippen molar-refractivity contribution in [3.8, 4) is 11.5 Å². The van der Waals surface area contributed by atoms with Crippen LogP contribution >= 0.6 is 0 Å². The van der Waals surface area contributed by atoms with Crippen molar-refractivity contribution in [2.45, 2.75) is 12.7 Å². The second-order valence-corrected chi connectivity index (χ2v) is 4.06. The largest absolute Gasteiger partial charge is 0.457 e. The standard InChI is InChI=1S/C14H10F3NO2/c15-14(16,17)11-4-2-6-13(8-11)20-12-5-1-3-10(7-12)9-18-19/h1-8H,9H2. The van der Waals surface area contributed by atoms with Crippen LogP contribution in [0.4, 0.5) is 13.2 Å². The van der Waals surface area contributed by atoms with Gasteiger partial charge < -0.3 is 4.74 Å². The number of benzene rings is 2. The summed E-state index contributed by atoms with van der Waals surface area (Å²) < 4.78 is 43.1. The molecule has 0 fully saturated rings. The van der Waals surface area contributed by atoms with Crippen molar-refractivity contribution in [2.75, 3.05) is 0 Å². The lowest BCUT2D eigenvalue weighted by Crippen LogP contribution is -2.04. The fourth-order valence-electron chi connectivity index (χ4n) is 1.65. The van der Waals surface area contributed by atoms with Crippen LogP contribution in [0.2, 0.25) is 0 Å². The molecule has 20 heavy (non-hydrogen) atoms. The second-order valence-electron chi connectivity index (χ2n) is 4.06. The molecule has 0 saturated heterocycles. The normalized spacial score (nSPS) is 11.2. The van der Waals surface area contributed by atoms with Gasteiger partial charge in [-0.25, -0.2) is 0 Å². The van der Waals surface area contributed by atoms with E-state index in [1.807, 2.05) is 0 Å². The number of nitrogens with zero attached hydrogens (tertiary/aromatic N) is 1. The van der Waals surface area contributed by atoms with E-state index in [-0.39, 0.29) is 12.3 Å². The zero-order chi connectivity index (χ0) is 14.6. The summed E-state index contributed by atoms with van der Waals surface area (Å²) in [5.74, 6) is 0.432. The molecule has 0 aromatic heterocycles. The highest BCUT2D eigenvalue weighted by atomic mass is 19.4. The minimum Gasteiger partial charge on any atom is -0.457 e. The predicted octanol–water partition coefficient (Wildman–Crippen LogP) is 4.76. The van der Waals surface area contributed by atoms with E-state index in [1.165, 1.54) is 12.1 Å². The molecule has 0 aliphatic rings. The Kier molecular flexibility index (Phi) is 4.02. The highest BCUT2D eigenvalue weighted by Crippen LogP contribution is 2.32. The van der Waals surface area contributed by atoms with Crippen LogP contribution < -0.4 is 4.74 Å². The molecule has 0 radical (unpaired) electrons. The van der Waals surface area contributed by atoms with Gasteiger partial charge in [0.2, 0.25) is 0 Å². The summed E-state index contributed by atoms with van der Waals surface area (Å²) in [6.45, 7) is -0.0141. The molecule has 104 valence electrons. The van der Waals surface area contributed by atoms with Gasteiger partial charge in [-0.15, -0.1) is 0 Å². The van der Waals surface area contributed by atoms with Gasteiger partial charge in [-0.1, -0.05) is 23.4 Å². The van der Waals surface area contributed by atoms with Crippen molar-refractivity contribution in [1.29, 1.82) is 0 Å². The number of hydrogen-bond acceptors (Lipinski definition) is 3. The molecule has 0 amide bonds. The smallest absolute Gasteiger partial charge is 0.416 e. The van der Waals surface area contributed by atoms with E-state index in [9.17, 15) is 18.1 Å². The third-order valence-electron chi connectivity index (χ3n) is 2.54. The fourth-order valence-corrected chi connectivity index (χ4v) is 1.65. The summed E-state index contributed by atoms with van der Waals surface area (Å²) >= 11 is 0. The van der Waals surface area contributed by atoms with Gasteiger partial charge in [0, 0.05) is 0 Å². The number of rotatable bonds is 4. The van der Waals surface area contributed by atoms with Crippen molar-refractivity contribution >= 4 is 0 Å². The Morgan fingerprint density at radius 3 is 2.30 bits per heavy atom. The maximum absolute atomic E-state index is 12.6. The van der Waals surface area contributed by atoms with Crippen molar-refractivity contribution in [3.05, 3.63) is 64.6 Å². The van der Waals surface area contributed by atoms with Gasteiger partial charge in [-0.2, -0.15) is 18.1 Å². The summed E-state index contributed by atoms with van der Waals surface area (Å²) in [5, 5.41) is 2.75. The van der Waals surface area contributed by atoms with Crippen LogP contribution in [0.3, 0.4) is 0 Å². The molecular formula is C14H10F3NO2. The van der Waals surface area contributed by atoms with E-state index in [2.05, 4.69) is 5.18 Å². The van der Waals surface area contributed by atoms with Gasteiger partial charge in [0.05, 0.1) is 5.56 Å². The summed E-state index contributed by atoms with van der Waals surface area (Å²) in [4.78, 5) is 10.2. The van der Waals surface area contributed by atoms with Gasteiger partial charge in [0.1, 0.15) is 18.0 Å². The van der Waals surface area contributed by atoms with E-state index in [4.69, 9.17) is 4.74 Å². The third kappa shape index (κ3) is 3.57. The second kappa shape index (κ2) is 5.73. The molecule has 6 heteroatoms. The summed E-state index contributed by atoms with van der Waals surface area (Å²) in [6.07, 6.45) is -4.41. The summed E-state index contributed by atoms with van der Waals surface area (Å²) in [7, 11) is 0. The van der Waals surface area contributed by atoms with Crippen LogP contribution in [0.1, 0.15) is 11.1 Å². The van der Waals surface area contributed by atoms with E-state index < -0.39 is 11.7 Å². The highest BCUT2D eigenvalue weighted by molar-refractivity contribution is 5.36. The first-order chi connectivity index (χ1) is 9.49. The fraction of sp³-hybridized carbons (Fsp3) is 0.143. The van der Waals surface area contributed by atoms with Crippen LogP contribution in [0.25, 0.3) is 0 Å². The Bertz CT molecular complexity index is 611. The Balaban J connectivity index is 2.21. The number of ether oxygens (including phenoxy) is 1. The maximum atomic E-state index is 12.6. The first-order valence-electron chi connectivity index (χ1n) is 5.72. The molecule has 0 spiro atoms. The molecule has 0 atom stereocenters. The van der Waals surface area contributed by atoms with Gasteiger partial charge in [-0.3, -0.25) is 0 Å². The zero-order valence-electron chi connectivity index (χ0n) is 10.2. The number of halogens is 3. The molecule has 2 aromatic carbocycles. The van der Waals surface area contributed by atoms with E-state index >= 15 is 0 Å². The quantitative estimate of drug-likeness (QED) is 0.757. The molecular weight excluding hydrogens is 271 g/mol. The van der Waals surface area contributed by atoms with Crippen LogP contribution in [-0.2, 0) is 12.7 Å². The highest BCUT2D eigenvalue weighted by Gasteiger charge is 2.30. The van der Waals surface area contributed by atoms with E-state index in [1.54, 1.807) is 24.3 Å². The van der Waals surface area contributed by atoms with Crippen LogP contribution in [0.5, 0.6) is 11.5 Å². The molecule has 0 aliphatic heterocycles. The molecule has 0 N–H and O–H groups in total. The number of hydrogen-bond donors (Lipinski definition) is 0. The van der Waals surface area contributed by atoms with Gasteiger partial charge >= 0.3 is 6.18 Å². The molecule has 0 aliphatic carbocycles. The van der Waals surface area contributed by atoms with E-state index in [0.29, 0.717) is 11.3 Å². The molecule has 0 heterocycles. The predicted molar refractivity (Wildman–Crippen MR) is 67.5 cm³/mol. The molecule has 2 rings (SSSR count). The van der Waals surface area contributed by atoms with Gasteiger partial charge in [0.15, 0.2) is 0 Å². The average molecular weight is 281 g/mol. The van der Waals surface area contributed by atoms with Crippen molar-refractivity contribution in [3.63, 3.8) is 0 Å².